The molecular weight excluding hydrogens is 356 g/mol. The lowest BCUT2D eigenvalue weighted by Gasteiger charge is -2.19. The number of thiophene rings is 1. The topological polar surface area (TPSA) is 57.3 Å². The summed E-state index contributed by atoms with van der Waals surface area (Å²) >= 11 is 1.45. The Bertz CT molecular complexity index is 907. The summed E-state index contributed by atoms with van der Waals surface area (Å²) in [6.45, 7) is 2.08. The van der Waals surface area contributed by atoms with Crippen molar-refractivity contribution in [3.8, 4) is 10.6 Å². The normalized spacial score (nSPS) is 16.5. The molecule has 1 saturated heterocycles. The van der Waals surface area contributed by atoms with E-state index in [2.05, 4.69) is 32.7 Å². The van der Waals surface area contributed by atoms with E-state index < -0.39 is 0 Å². The number of aromatic nitrogens is 1. The average Bonchev–Trinajstić information content (AvgIpc) is 3.39. The number of carbonyl (C=O) groups is 1. The third kappa shape index (κ3) is 4.02. The lowest BCUT2D eigenvalue weighted by molar-refractivity contribution is 0.103. The molecule has 1 fully saturated rings. The maximum atomic E-state index is 12.5. The molecule has 0 aliphatic carbocycles. The molecule has 5 nitrogen and oxygen atoms in total. The predicted octanol–water partition coefficient (Wildman–Crippen LogP) is 3.86. The van der Waals surface area contributed by atoms with Gasteiger partial charge in [-0.2, -0.15) is 0 Å². The quantitative estimate of drug-likeness (QED) is 0.708. The molecule has 3 aromatic rings. The molecule has 2 N–H and O–H groups in total. The maximum absolute atomic E-state index is 12.5. The molecule has 0 bridgehead atoms. The molecule has 0 saturated carbocycles. The Morgan fingerprint density at radius 3 is 2.70 bits per heavy atom. The van der Waals surface area contributed by atoms with Crippen LogP contribution in [0.25, 0.3) is 10.6 Å². The number of nitrogens with one attached hydrogen (secondary N) is 2. The van der Waals surface area contributed by atoms with Gasteiger partial charge in [0.15, 0.2) is 0 Å². The van der Waals surface area contributed by atoms with Gasteiger partial charge in [-0.1, -0.05) is 6.07 Å². The van der Waals surface area contributed by atoms with Gasteiger partial charge in [-0.15, -0.1) is 11.3 Å². The molecule has 2 aromatic heterocycles. The number of likely N-dealkylation sites (N-methyl/N-ethyl adjacent to an activating group) is 1. The first-order chi connectivity index (χ1) is 13.2. The molecule has 1 atom stereocenters. The van der Waals surface area contributed by atoms with Crippen LogP contribution < -0.4 is 15.5 Å². The summed E-state index contributed by atoms with van der Waals surface area (Å²) in [5, 5.41) is 6.31. The first-order valence-corrected chi connectivity index (χ1v) is 9.89. The molecule has 1 aliphatic rings. The van der Waals surface area contributed by atoms with Crippen LogP contribution in [0.5, 0.6) is 0 Å². The van der Waals surface area contributed by atoms with E-state index in [1.165, 1.54) is 17.0 Å². The van der Waals surface area contributed by atoms with E-state index in [1.807, 2.05) is 49.5 Å². The van der Waals surface area contributed by atoms with Crippen LogP contribution in [0.4, 0.5) is 11.4 Å². The highest BCUT2D eigenvalue weighted by Crippen LogP contribution is 2.27. The van der Waals surface area contributed by atoms with Gasteiger partial charge >= 0.3 is 0 Å². The minimum atomic E-state index is -0.0913. The third-order valence-electron chi connectivity index (χ3n) is 4.83. The largest absolute Gasteiger partial charge is 0.370 e. The Labute approximate surface area is 163 Å². The van der Waals surface area contributed by atoms with E-state index in [0.29, 0.717) is 10.9 Å². The van der Waals surface area contributed by atoms with Crippen LogP contribution in [0, 0.1) is 0 Å². The Kier molecular flexibility index (Phi) is 5.18. The molecule has 6 heteroatoms. The van der Waals surface area contributed by atoms with Crippen molar-refractivity contribution >= 4 is 28.6 Å². The van der Waals surface area contributed by atoms with Gasteiger partial charge in [-0.05, 0) is 62.0 Å². The Morgan fingerprint density at radius 2 is 2.00 bits per heavy atom. The number of nitrogens with zero attached hydrogens (tertiary/aromatic N) is 2. The summed E-state index contributed by atoms with van der Waals surface area (Å²) in [6, 6.07) is 18.2. The van der Waals surface area contributed by atoms with Crippen molar-refractivity contribution < 1.29 is 4.79 Å². The third-order valence-corrected chi connectivity index (χ3v) is 5.94. The fraction of sp³-hybridized carbons (Fsp3) is 0.238. The summed E-state index contributed by atoms with van der Waals surface area (Å²) in [7, 11) is 2.01. The lowest BCUT2D eigenvalue weighted by Crippen LogP contribution is -2.29. The highest BCUT2D eigenvalue weighted by atomic mass is 32.1. The molecule has 3 heterocycles. The van der Waals surface area contributed by atoms with Gasteiger partial charge in [-0.3, -0.25) is 9.78 Å². The number of carbonyl (C=O) groups excluding carboxylic acids is 1. The molecule has 1 unspecified atom stereocenters. The minimum absolute atomic E-state index is 0.0913. The van der Waals surface area contributed by atoms with Crippen molar-refractivity contribution in [3.63, 3.8) is 0 Å². The van der Waals surface area contributed by atoms with Crippen molar-refractivity contribution in [2.24, 2.45) is 0 Å². The summed E-state index contributed by atoms with van der Waals surface area (Å²) in [5.74, 6) is -0.0913. The van der Waals surface area contributed by atoms with Crippen LogP contribution in [0.3, 0.4) is 0 Å². The number of anilines is 2. The SMILES string of the molecule is CNC1CCN(c2ccc(NC(=O)c3ccc(-c4ccccn4)s3)cc2)C1. The molecular formula is C21H22N4OS. The fourth-order valence-electron chi connectivity index (χ4n) is 3.28. The smallest absolute Gasteiger partial charge is 0.265 e. The van der Waals surface area contributed by atoms with Crippen LogP contribution in [0.1, 0.15) is 16.1 Å². The zero-order chi connectivity index (χ0) is 18.6. The molecule has 4 rings (SSSR count). The van der Waals surface area contributed by atoms with Gasteiger partial charge in [0, 0.05) is 36.7 Å². The first kappa shape index (κ1) is 17.7. The van der Waals surface area contributed by atoms with Gasteiger partial charge in [0.1, 0.15) is 0 Å². The maximum Gasteiger partial charge on any atom is 0.265 e. The van der Waals surface area contributed by atoms with E-state index in [-0.39, 0.29) is 5.91 Å². The predicted molar refractivity (Wildman–Crippen MR) is 112 cm³/mol. The number of rotatable bonds is 5. The molecule has 138 valence electrons. The van der Waals surface area contributed by atoms with Gasteiger partial charge < -0.3 is 15.5 Å². The Balaban J connectivity index is 1.41. The van der Waals surface area contributed by atoms with Crippen LogP contribution in [0.15, 0.2) is 60.8 Å². The van der Waals surface area contributed by atoms with Crippen molar-refractivity contribution in [3.05, 3.63) is 65.7 Å². The number of benzene rings is 1. The summed E-state index contributed by atoms with van der Waals surface area (Å²) in [5.41, 5.74) is 2.89. The van der Waals surface area contributed by atoms with Gasteiger partial charge in [0.05, 0.1) is 15.4 Å². The second-order valence-electron chi connectivity index (χ2n) is 6.60. The molecule has 1 amide bonds. The number of pyridine rings is 1. The highest BCUT2D eigenvalue weighted by Gasteiger charge is 2.21. The summed E-state index contributed by atoms with van der Waals surface area (Å²) in [4.78, 5) is 20.9. The van der Waals surface area contributed by atoms with Gasteiger partial charge in [0.25, 0.3) is 5.91 Å². The van der Waals surface area contributed by atoms with E-state index in [9.17, 15) is 4.79 Å². The molecule has 0 radical (unpaired) electrons. The second kappa shape index (κ2) is 7.90. The van der Waals surface area contributed by atoms with E-state index in [1.54, 1.807) is 6.20 Å². The number of amides is 1. The zero-order valence-corrected chi connectivity index (χ0v) is 16.0. The van der Waals surface area contributed by atoms with Crippen LogP contribution in [0.2, 0.25) is 0 Å². The Hall–Kier alpha value is -2.70. The van der Waals surface area contributed by atoms with Crippen molar-refractivity contribution in [2.75, 3.05) is 30.4 Å². The molecule has 1 aromatic carbocycles. The second-order valence-corrected chi connectivity index (χ2v) is 7.68. The van der Waals surface area contributed by atoms with Crippen molar-refractivity contribution in [1.29, 1.82) is 0 Å². The first-order valence-electron chi connectivity index (χ1n) is 9.08. The molecule has 0 spiro atoms. The zero-order valence-electron chi connectivity index (χ0n) is 15.2. The molecule has 27 heavy (non-hydrogen) atoms. The van der Waals surface area contributed by atoms with Crippen LogP contribution in [-0.2, 0) is 0 Å². The van der Waals surface area contributed by atoms with Gasteiger partial charge in [-0.25, -0.2) is 0 Å². The van der Waals surface area contributed by atoms with E-state index in [4.69, 9.17) is 0 Å². The summed E-state index contributed by atoms with van der Waals surface area (Å²) < 4.78 is 0. The van der Waals surface area contributed by atoms with Crippen LogP contribution in [-0.4, -0.2) is 37.1 Å². The van der Waals surface area contributed by atoms with Gasteiger partial charge in [0.2, 0.25) is 0 Å². The van der Waals surface area contributed by atoms with Crippen LogP contribution >= 0.6 is 11.3 Å². The van der Waals surface area contributed by atoms with Crippen molar-refractivity contribution in [2.45, 2.75) is 12.5 Å². The highest BCUT2D eigenvalue weighted by molar-refractivity contribution is 7.17. The molecule has 1 aliphatic heterocycles. The lowest BCUT2D eigenvalue weighted by atomic mass is 10.2. The number of hydrogen-bond donors (Lipinski definition) is 2. The Morgan fingerprint density at radius 1 is 1.15 bits per heavy atom. The fourth-order valence-corrected chi connectivity index (χ4v) is 4.16. The number of hydrogen-bond acceptors (Lipinski definition) is 5. The minimum Gasteiger partial charge on any atom is -0.370 e. The summed E-state index contributed by atoms with van der Waals surface area (Å²) in [6.07, 6.45) is 2.92. The van der Waals surface area contributed by atoms with E-state index >= 15 is 0 Å². The standard InChI is InChI=1S/C21H22N4OS/c1-22-16-11-13-25(14-16)17-7-5-15(6-8-17)24-21(26)20-10-9-19(27-20)18-4-2-3-12-23-18/h2-10,12,16,22H,11,13-14H2,1H3,(H,24,26). The average molecular weight is 379 g/mol. The van der Waals surface area contributed by atoms with Crippen molar-refractivity contribution in [1.82, 2.24) is 10.3 Å². The van der Waals surface area contributed by atoms with E-state index in [0.717, 1.165) is 35.8 Å². The monoisotopic (exact) mass is 378 g/mol.